The number of para-hydroxylation sites is 2. The van der Waals surface area contributed by atoms with Gasteiger partial charge in [0.2, 0.25) is 5.91 Å². The van der Waals surface area contributed by atoms with E-state index in [1.165, 1.54) is 0 Å². The van der Waals surface area contributed by atoms with E-state index in [9.17, 15) is 4.79 Å². The molecule has 0 bridgehead atoms. The van der Waals surface area contributed by atoms with Gasteiger partial charge in [-0.3, -0.25) is 4.79 Å². The number of aromatic amines is 1. The van der Waals surface area contributed by atoms with Gasteiger partial charge in [-0.2, -0.15) is 0 Å². The van der Waals surface area contributed by atoms with E-state index in [0.717, 1.165) is 27.7 Å². The van der Waals surface area contributed by atoms with E-state index in [1.807, 2.05) is 48.7 Å². The highest BCUT2D eigenvalue weighted by molar-refractivity contribution is 5.96. The fourth-order valence-corrected chi connectivity index (χ4v) is 2.89. The first-order valence-electron chi connectivity index (χ1n) is 7.89. The lowest BCUT2D eigenvalue weighted by Crippen LogP contribution is -2.19. The third-order valence-electron chi connectivity index (χ3n) is 4.04. The molecule has 0 unspecified atom stereocenters. The lowest BCUT2D eigenvalue weighted by molar-refractivity contribution is -0.115. The summed E-state index contributed by atoms with van der Waals surface area (Å²) in [5.41, 5.74) is 4.11. The lowest BCUT2D eigenvalue weighted by Gasteiger charge is -2.23. The standard InChI is InChI=1S/C20H22N2O/c1-20(2,3)16-9-5-7-11-18(16)22-19(23)12-14-13-21-17-10-6-4-8-15(14)17/h4-11,13,21H,12H2,1-3H3,(H,22,23). The quantitative estimate of drug-likeness (QED) is 0.727. The average Bonchev–Trinajstić information content (AvgIpc) is 2.90. The maximum Gasteiger partial charge on any atom is 0.228 e. The van der Waals surface area contributed by atoms with Crippen molar-refractivity contribution >= 4 is 22.5 Å². The summed E-state index contributed by atoms with van der Waals surface area (Å²) in [4.78, 5) is 15.7. The van der Waals surface area contributed by atoms with Gasteiger partial charge in [-0.15, -0.1) is 0 Å². The maximum absolute atomic E-state index is 12.5. The van der Waals surface area contributed by atoms with Crippen LogP contribution in [0.25, 0.3) is 10.9 Å². The first-order valence-corrected chi connectivity index (χ1v) is 7.89. The molecule has 0 saturated heterocycles. The van der Waals surface area contributed by atoms with Gasteiger partial charge in [0.25, 0.3) is 0 Å². The molecule has 3 rings (SSSR count). The van der Waals surface area contributed by atoms with Crippen molar-refractivity contribution in [2.24, 2.45) is 0 Å². The van der Waals surface area contributed by atoms with Crippen molar-refractivity contribution in [2.45, 2.75) is 32.6 Å². The molecule has 0 aliphatic rings. The fraction of sp³-hybridized carbons (Fsp3) is 0.250. The predicted molar refractivity (Wildman–Crippen MR) is 95.8 cm³/mol. The second-order valence-electron chi connectivity index (χ2n) is 6.88. The van der Waals surface area contributed by atoms with Crippen LogP contribution in [0.3, 0.4) is 0 Å². The van der Waals surface area contributed by atoms with Crippen molar-refractivity contribution < 1.29 is 4.79 Å². The molecule has 0 fully saturated rings. The molecule has 3 aromatic rings. The number of hydrogen-bond acceptors (Lipinski definition) is 1. The van der Waals surface area contributed by atoms with Crippen LogP contribution in [0.1, 0.15) is 31.9 Å². The van der Waals surface area contributed by atoms with Crippen LogP contribution >= 0.6 is 0 Å². The van der Waals surface area contributed by atoms with Crippen LogP contribution < -0.4 is 5.32 Å². The Kier molecular flexibility index (Phi) is 3.95. The molecule has 23 heavy (non-hydrogen) atoms. The van der Waals surface area contributed by atoms with Gasteiger partial charge < -0.3 is 10.3 Å². The number of carbonyl (C=O) groups is 1. The van der Waals surface area contributed by atoms with Crippen LogP contribution in [-0.2, 0) is 16.6 Å². The van der Waals surface area contributed by atoms with E-state index < -0.39 is 0 Å². The van der Waals surface area contributed by atoms with Gasteiger partial charge >= 0.3 is 0 Å². The minimum Gasteiger partial charge on any atom is -0.361 e. The summed E-state index contributed by atoms with van der Waals surface area (Å²) in [6.45, 7) is 6.45. The SMILES string of the molecule is CC(C)(C)c1ccccc1NC(=O)Cc1c[nH]c2ccccc12. The van der Waals surface area contributed by atoms with Gasteiger partial charge in [0, 0.05) is 22.8 Å². The summed E-state index contributed by atoms with van der Waals surface area (Å²) in [7, 11) is 0. The zero-order valence-corrected chi connectivity index (χ0v) is 13.8. The van der Waals surface area contributed by atoms with Gasteiger partial charge in [0.15, 0.2) is 0 Å². The number of anilines is 1. The van der Waals surface area contributed by atoms with E-state index >= 15 is 0 Å². The molecule has 2 N–H and O–H groups in total. The summed E-state index contributed by atoms with van der Waals surface area (Å²) in [5.74, 6) is 0.00598. The van der Waals surface area contributed by atoms with E-state index in [1.54, 1.807) is 0 Å². The van der Waals surface area contributed by atoms with Crippen molar-refractivity contribution in [1.82, 2.24) is 4.98 Å². The molecule has 2 aromatic carbocycles. The Morgan fingerprint density at radius 1 is 1.04 bits per heavy atom. The molecule has 0 aliphatic carbocycles. The topological polar surface area (TPSA) is 44.9 Å². The highest BCUT2D eigenvalue weighted by Crippen LogP contribution is 2.29. The van der Waals surface area contributed by atoms with Gasteiger partial charge in [0.05, 0.1) is 6.42 Å². The number of amides is 1. The molecule has 118 valence electrons. The summed E-state index contributed by atoms with van der Waals surface area (Å²) in [6.07, 6.45) is 2.28. The van der Waals surface area contributed by atoms with Gasteiger partial charge in [-0.05, 0) is 28.7 Å². The number of hydrogen-bond donors (Lipinski definition) is 2. The summed E-state index contributed by atoms with van der Waals surface area (Å²) >= 11 is 0. The Bertz CT molecular complexity index is 840. The number of fused-ring (bicyclic) bond motifs is 1. The molecule has 3 nitrogen and oxygen atoms in total. The normalized spacial score (nSPS) is 11.6. The Balaban J connectivity index is 1.81. The molecule has 3 heteroatoms. The highest BCUT2D eigenvalue weighted by atomic mass is 16.1. The van der Waals surface area contributed by atoms with Crippen molar-refractivity contribution in [3.63, 3.8) is 0 Å². The number of H-pyrrole nitrogens is 1. The zero-order chi connectivity index (χ0) is 16.4. The van der Waals surface area contributed by atoms with Gasteiger partial charge in [-0.25, -0.2) is 0 Å². The van der Waals surface area contributed by atoms with Crippen LogP contribution in [-0.4, -0.2) is 10.9 Å². The molecule has 0 aliphatic heterocycles. The van der Waals surface area contributed by atoms with E-state index in [4.69, 9.17) is 0 Å². The molecule has 0 saturated carbocycles. The molecule has 1 amide bonds. The summed E-state index contributed by atoms with van der Waals surface area (Å²) in [5, 5.41) is 4.17. The number of aromatic nitrogens is 1. The molecule has 1 aromatic heterocycles. The third kappa shape index (κ3) is 3.29. The Hall–Kier alpha value is -2.55. The summed E-state index contributed by atoms with van der Waals surface area (Å²) in [6, 6.07) is 16.0. The largest absolute Gasteiger partial charge is 0.361 e. The van der Waals surface area contributed by atoms with Crippen LogP contribution in [0.2, 0.25) is 0 Å². The second kappa shape index (κ2) is 5.92. The molecular weight excluding hydrogens is 284 g/mol. The smallest absolute Gasteiger partial charge is 0.228 e. The second-order valence-corrected chi connectivity index (χ2v) is 6.88. The molecular formula is C20H22N2O. The Labute approximate surface area is 136 Å². The number of rotatable bonds is 3. The van der Waals surface area contributed by atoms with Crippen molar-refractivity contribution in [3.05, 3.63) is 65.9 Å². The number of benzene rings is 2. The third-order valence-corrected chi connectivity index (χ3v) is 4.04. The molecule has 0 atom stereocenters. The van der Waals surface area contributed by atoms with Crippen LogP contribution in [0.4, 0.5) is 5.69 Å². The van der Waals surface area contributed by atoms with Crippen LogP contribution in [0, 0.1) is 0 Å². The Morgan fingerprint density at radius 3 is 2.52 bits per heavy atom. The monoisotopic (exact) mass is 306 g/mol. The predicted octanol–water partition coefficient (Wildman–Crippen LogP) is 4.65. The lowest BCUT2D eigenvalue weighted by atomic mass is 9.86. The first-order chi connectivity index (χ1) is 10.9. The maximum atomic E-state index is 12.5. The van der Waals surface area contributed by atoms with Gasteiger partial charge in [0.1, 0.15) is 0 Å². The van der Waals surface area contributed by atoms with Crippen LogP contribution in [0.5, 0.6) is 0 Å². The van der Waals surface area contributed by atoms with Crippen LogP contribution in [0.15, 0.2) is 54.7 Å². The number of nitrogens with one attached hydrogen (secondary N) is 2. The van der Waals surface area contributed by atoms with Gasteiger partial charge in [-0.1, -0.05) is 57.2 Å². The minimum atomic E-state index is -0.00927. The molecule has 1 heterocycles. The number of carbonyl (C=O) groups excluding carboxylic acids is 1. The first kappa shape index (κ1) is 15.3. The van der Waals surface area contributed by atoms with E-state index in [0.29, 0.717) is 6.42 Å². The average molecular weight is 306 g/mol. The highest BCUT2D eigenvalue weighted by Gasteiger charge is 2.18. The molecule has 0 spiro atoms. The van der Waals surface area contributed by atoms with Crippen molar-refractivity contribution in [2.75, 3.05) is 5.32 Å². The molecule has 0 radical (unpaired) electrons. The zero-order valence-electron chi connectivity index (χ0n) is 13.8. The Morgan fingerprint density at radius 2 is 1.74 bits per heavy atom. The van der Waals surface area contributed by atoms with Crippen molar-refractivity contribution in [1.29, 1.82) is 0 Å². The summed E-state index contributed by atoms with van der Waals surface area (Å²) < 4.78 is 0. The minimum absolute atomic E-state index is 0.00598. The van der Waals surface area contributed by atoms with Crippen molar-refractivity contribution in [3.8, 4) is 0 Å². The van der Waals surface area contributed by atoms with E-state index in [2.05, 4.69) is 37.1 Å². The fourth-order valence-electron chi connectivity index (χ4n) is 2.89. The van der Waals surface area contributed by atoms with E-state index in [-0.39, 0.29) is 11.3 Å².